The van der Waals surface area contributed by atoms with Crippen LogP contribution in [0.25, 0.3) is 0 Å². The molecule has 0 spiro atoms. The number of esters is 1. The monoisotopic (exact) mass is 560 g/mol. The summed E-state index contributed by atoms with van der Waals surface area (Å²) in [5.41, 5.74) is 6.03. The fourth-order valence-electron chi connectivity index (χ4n) is 4.13. The Bertz CT molecular complexity index is 1080. The molecular weight excluding hydrogens is 512 g/mol. The van der Waals surface area contributed by atoms with Gasteiger partial charge >= 0.3 is 5.97 Å². The highest BCUT2D eigenvalue weighted by atomic mass is 35.5. The van der Waals surface area contributed by atoms with Crippen molar-refractivity contribution in [3.05, 3.63) is 58.1 Å². The maximum Gasteiger partial charge on any atom is 0.338 e. The number of hydrogen-bond donors (Lipinski definition) is 3. The van der Waals surface area contributed by atoms with Gasteiger partial charge in [0.1, 0.15) is 18.2 Å². The molecule has 3 rings (SSSR count). The molecular formula is C31H49ClN4O3. The Kier molecular flexibility index (Phi) is 14.4. The van der Waals surface area contributed by atoms with Crippen LogP contribution in [0.1, 0.15) is 73.1 Å². The highest BCUT2D eigenvalue weighted by molar-refractivity contribution is 5.89. The number of anilines is 1. The molecule has 1 aliphatic rings. The molecule has 0 bridgehead atoms. The number of halogens is 1. The number of ether oxygens (including phenoxy) is 1. The number of nitrogens with zero attached hydrogens (tertiary/aromatic N) is 2. The van der Waals surface area contributed by atoms with Crippen molar-refractivity contribution >= 4 is 29.9 Å². The summed E-state index contributed by atoms with van der Waals surface area (Å²) in [5, 5.41) is 17.1. The van der Waals surface area contributed by atoms with Crippen molar-refractivity contribution in [3.63, 3.8) is 0 Å². The summed E-state index contributed by atoms with van der Waals surface area (Å²) < 4.78 is 5.18. The normalized spacial score (nSPS) is 12.6. The first kappa shape index (κ1) is 34.3. The van der Waals surface area contributed by atoms with Crippen molar-refractivity contribution in [2.75, 3.05) is 52.2 Å². The van der Waals surface area contributed by atoms with E-state index < -0.39 is 0 Å². The first-order chi connectivity index (χ1) is 17.9. The van der Waals surface area contributed by atoms with Gasteiger partial charge in [0.05, 0.1) is 12.1 Å². The van der Waals surface area contributed by atoms with E-state index in [1.807, 2.05) is 38.1 Å². The van der Waals surface area contributed by atoms with E-state index in [4.69, 9.17) is 4.74 Å². The number of aryl methyl sites for hydroxylation is 1. The van der Waals surface area contributed by atoms with Crippen LogP contribution in [-0.2, 0) is 16.6 Å². The second kappa shape index (κ2) is 16.4. The van der Waals surface area contributed by atoms with Gasteiger partial charge in [0.25, 0.3) is 0 Å². The van der Waals surface area contributed by atoms with E-state index >= 15 is 0 Å². The molecule has 0 aliphatic carbocycles. The van der Waals surface area contributed by atoms with Crippen molar-refractivity contribution < 1.29 is 14.6 Å². The van der Waals surface area contributed by atoms with Crippen LogP contribution in [-0.4, -0.2) is 68.7 Å². The number of nitrogens with one attached hydrogen (secondary N) is 2. The highest BCUT2D eigenvalue weighted by Gasteiger charge is 2.22. The minimum Gasteiger partial charge on any atom is -0.507 e. The summed E-state index contributed by atoms with van der Waals surface area (Å²) in [6, 6.07) is 9.54. The molecule has 0 amide bonds. The zero-order valence-corrected chi connectivity index (χ0v) is 25.9. The van der Waals surface area contributed by atoms with E-state index in [9.17, 15) is 9.90 Å². The predicted octanol–water partition coefficient (Wildman–Crippen LogP) is 5.89. The summed E-state index contributed by atoms with van der Waals surface area (Å²) >= 11 is 0. The number of carbonyl (C=O) groups excluding carboxylic acids is 1. The maximum atomic E-state index is 11.7. The van der Waals surface area contributed by atoms with Crippen LogP contribution in [0.4, 0.5) is 5.69 Å². The van der Waals surface area contributed by atoms with Gasteiger partial charge in [-0.1, -0.05) is 40.2 Å². The average Bonchev–Trinajstić information content (AvgIpc) is 3.37. The lowest BCUT2D eigenvalue weighted by atomic mass is 9.82. The average molecular weight is 561 g/mol. The van der Waals surface area contributed by atoms with Gasteiger partial charge in [-0.05, 0) is 86.3 Å². The van der Waals surface area contributed by atoms with Gasteiger partial charge in [0.2, 0.25) is 0 Å². The number of carbonyl (C=O) groups is 1. The van der Waals surface area contributed by atoms with Crippen LogP contribution < -0.4 is 10.6 Å². The van der Waals surface area contributed by atoms with Crippen molar-refractivity contribution in [2.45, 2.75) is 66.2 Å². The molecule has 3 N–H and O–H groups in total. The van der Waals surface area contributed by atoms with E-state index in [1.165, 1.54) is 17.5 Å². The van der Waals surface area contributed by atoms with E-state index in [0.29, 0.717) is 17.9 Å². The summed E-state index contributed by atoms with van der Waals surface area (Å²) in [7, 11) is 3.90. The Morgan fingerprint density at radius 2 is 1.85 bits per heavy atom. The first-order valence-electron chi connectivity index (χ1n) is 13.7. The minimum atomic E-state index is -0.262. The van der Waals surface area contributed by atoms with Gasteiger partial charge in [-0.2, -0.15) is 0 Å². The van der Waals surface area contributed by atoms with Gasteiger partial charge in [-0.25, -0.2) is 4.79 Å². The molecule has 1 aliphatic heterocycles. The molecule has 8 heteroatoms. The van der Waals surface area contributed by atoms with Crippen molar-refractivity contribution in [3.8, 4) is 5.75 Å². The quantitative estimate of drug-likeness (QED) is 0.248. The van der Waals surface area contributed by atoms with Gasteiger partial charge in [0, 0.05) is 31.7 Å². The summed E-state index contributed by atoms with van der Waals surface area (Å²) in [5.74, 6) is 1.21. The van der Waals surface area contributed by atoms with E-state index in [1.54, 1.807) is 12.1 Å². The Morgan fingerprint density at radius 3 is 2.38 bits per heavy atom. The van der Waals surface area contributed by atoms with Crippen molar-refractivity contribution in [2.24, 2.45) is 4.99 Å². The largest absolute Gasteiger partial charge is 0.507 e. The lowest BCUT2D eigenvalue weighted by molar-refractivity contribution is 0.0482. The Labute approximate surface area is 241 Å². The standard InChI is InChI=1S/C16H24N2O.C15H24N2O2.ClH/c1-10-8-13(16(3,4)5)15(19)11(2)12(10)9-14-17-6-7-18-14;1-4-5-10-16-14-8-6-13(7-9-14)15(18)19-12-11-17(2)3;/h8,19H,6-7,9H2,1-5H3,(H,17,18);6-9,16H,4-5,10-12H2,1-3H3;1H. The number of unbranched alkanes of at least 4 members (excludes halogenated alkanes) is 1. The number of amidine groups is 1. The molecule has 0 radical (unpaired) electrons. The van der Waals surface area contributed by atoms with Crippen LogP contribution in [0.5, 0.6) is 5.75 Å². The second-order valence-corrected chi connectivity index (χ2v) is 11.2. The van der Waals surface area contributed by atoms with Gasteiger partial charge in [-0.3, -0.25) is 4.99 Å². The zero-order valence-electron chi connectivity index (χ0n) is 25.1. The lowest BCUT2D eigenvalue weighted by Gasteiger charge is -2.24. The molecule has 0 saturated carbocycles. The molecule has 7 nitrogen and oxygen atoms in total. The topological polar surface area (TPSA) is 86.2 Å². The number of phenolic OH excluding ortho intramolecular Hbond substituents is 1. The third kappa shape index (κ3) is 11.1. The predicted molar refractivity (Wildman–Crippen MR) is 166 cm³/mol. The smallest absolute Gasteiger partial charge is 0.338 e. The Balaban J connectivity index is 0.000000380. The number of phenols is 1. The minimum absolute atomic E-state index is 0. The SMILES string of the molecule is CCCCNc1ccc(C(=O)OCCN(C)C)cc1.Cc1cc(C(C)(C)C)c(O)c(C)c1CC1=NCCN1.Cl. The zero-order chi connectivity index (χ0) is 28.3. The highest BCUT2D eigenvalue weighted by Crippen LogP contribution is 2.36. The van der Waals surface area contributed by atoms with Crippen molar-refractivity contribution in [1.29, 1.82) is 0 Å². The summed E-state index contributed by atoms with van der Waals surface area (Å²) in [6.45, 7) is 16.6. The number of likely N-dealkylation sites (N-methyl/N-ethyl adjacent to an activating group) is 1. The van der Waals surface area contributed by atoms with Crippen LogP contribution in [0, 0.1) is 13.8 Å². The number of benzene rings is 2. The van der Waals surface area contributed by atoms with E-state index in [2.05, 4.69) is 56.3 Å². The van der Waals surface area contributed by atoms with Crippen LogP contribution in [0.15, 0.2) is 35.3 Å². The fraction of sp³-hybridized carbons (Fsp3) is 0.548. The summed E-state index contributed by atoms with van der Waals surface area (Å²) in [6.07, 6.45) is 3.10. The third-order valence-corrected chi connectivity index (χ3v) is 6.55. The Hall–Kier alpha value is -2.77. The number of aliphatic imine (C=N–C) groups is 1. The fourth-order valence-corrected chi connectivity index (χ4v) is 4.13. The number of hydrogen-bond acceptors (Lipinski definition) is 7. The van der Waals surface area contributed by atoms with Crippen LogP contribution in [0.3, 0.4) is 0 Å². The Morgan fingerprint density at radius 1 is 1.18 bits per heavy atom. The molecule has 0 aromatic heterocycles. The molecule has 0 atom stereocenters. The van der Waals surface area contributed by atoms with E-state index in [-0.39, 0.29) is 23.8 Å². The molecule has 0 unspecified atom stereocenters. The number of rotatable bonds is 10. The molecule has 39 heavy (non-hydrogen) atoms. The third-order valence-electron chi connectivity index (χ3n) is 6.55. The molecule has 0 saturated heterocycles. The van der Waals surface area contributed by atoms with E-state index in [0.717, 1.165) is 61.7 Å². The first-order valence-corrected chi connectivity index (χ1v) is 13.7. The number of aromatic hydroxyl groups is 1. The lowest BCUT2D eigenvalue weighted by Crippen LogP contribution is -2.22. The maximum absolute atomic E-state index is 11.7. The molecule has 2 aromatic carbocycles. The van der Waals surface area contributed by atoms with Gasteiger partial charge in [0.15, 0.2) is 0 Å². The molecule has 2 aromatic rings. The van der Waals surface area contributed by atoms with Crippen LogP contribution >= 0.6 is 12.4 Å². The van der Waals surface area contributed by atoms with Gasteiger partial charge < -0.3 is 25.4 Å². The second-order valence-electron chi connectivity index (χ2n) is 11.2. The molecule has 218 valence electrons. The molecule has 1 heterocycles. The summed E-state index contributed by atoms with van der Waals surface area (Å²) in [4.78, 5) is 18.2. The van der Waals surface area contributed by atoms with Crippen LogP contribution in [0.2, 0.25) is 0 Å². The van der Waals surface area contributed by atoms with Gasteiger partial charge in [-0.15, -0.1) is 12.4 Å². The molecule has 0 fully saturated rings. The van der Waals surface area contributed by atoms with Crippen molar-refractivity contribution in [1.82, 2.24) is 10.2 Å².